The zero-order valence-electron chi connectivity index (χ0n) is 8.56. The molecule has 2 fully saturated rings. The van der Waals surface area contributed by atoms with Crippen molar-refractivity contribution in [2.45, 2.75) is 43.9 Å². The van der Waals surface area contributed by atoms with Crippen LogP contribution in [0, 0.1) is 0 Å². The Labute approximate surface area is 103 Å². The van der Waals surface area contributed by atoms with Crippen LogP contribution in [0.4, 0.5) is 4.79 Å². The molecule has 2 aliphatic rings. The maximum absolute atomic E-state index is 11.8. The Balaban J connectivity index is 2.09. The fraction of sp³-hybridized carbons (Fsp3) is 0.900. The summed E-state index contributed by atoms with van der Waals surface area (Å²) in [6.45, 7) is 0.0561. The first kappa shape index (κ1) is 11.4. The van der Waals surface area contributed by atoms with E-state index in [0.717, 1.165) is 30.1 Å². The van der Waals surface area contributed by atoms with Gasteiger partial charge in [-0.1, -0.05) is 22.6 Å². The van der Waals surface area contributed by atoms with Crippen LogP contribution in [0.5, 0.6) is 0 Å². The van der Waals surface area contributed by atoms with Crippen molar-refractivity contribution < 1.29 is 14.6 Å². The summed E-state index contributed by atoms with van der Waals surface area (Å²) >= 11 is 2.25. The molecule has 0 saturated carbocycles. The summed E-state index contributed by atoms with van der Waals surface area (Å²) in [5.74, 6) is 0. The van der Waals surface area contributed by atoms with E-state index in [2.05, 4.69) is 22.6 Å². The van der Waals surface area contributed by atoms with Gasteiger partial charge in [0.05, 0.1) is 12.6 Å². The number of hydrogen-bond acceptors (Lipinski definition) is 3. The zero-order valence-corrected chi connectivity index (χ0v) is 10.7. The summed E-state index contributed by atoms with van der Waals surface area (Å²) < 4.78 is 6.16. The van der Waals surface area contributed by atoms with E-state index in [4.69, 9.17) is 4.74 Å². The van der Waals surface area contributed by atoms with Crippen LogP contribution in [-0.2, 0) is 4.74 Å². The molecule has 15 heavy (non-hydrogen) atoms. The number of aliphatic hydroxyl groups is 1. The average molecular weight is 325 g/mol. The molecule has 0 radical (unpaired) electrons. The van der Waals surface area contributed by atoms with E-state index in [-0.39, 0.29) is 30.9 Å². The van der Waals surface area contributed by atoms with Gasteiger partial charge in [0.15, 0.2) is 0 Å². The van der Waals surface area contributed by atoms with Crippen LogP contribution in [0.25, 0.3) is 0 Å². The summed E-state index contributed by atoms with van der Waals surface area (Å²) in [5, 5.41) is 9.22. The highest BCUT2D eigenvalue weighted by molar-refractivity contribution is 14.1. The van der Waals surface area contributed by atoms with E-state index in [0.29, 0.717) is 0 Å². The number of nitrogens with zero attached hydrogens (tertiary/aromatic N) is 1. The molecule has 2 aliphatic heterocycles. The summed E-state index contributed by atoms with van der Waals surface area (Å²) in [6.07, 6.45) is 3.82. The number of rotatable bonds is 2. The van der Waals surface area contributed by atoms with E-state index < -0.39 is 0 Å². The van der Waals surface area contributed by atoms with Crippen molar-refractivity contribution in [1.29, 1.82) is 0 Å². The quantitative estimate of drug-likeness (QED) is 0.619. The Morgan fingerprint density at radius 1 is 1.53 bits per heavy atom. The lowest BCUT2D eigenvalue weighted by molar-refractivity contribution is -0.0349. The Bertz CT molecular complexity index is 249. The van der Waals surface area contributed by atoms with E-state index in [1.54, 1.807) is 4.90 Å². The second-order valence-corrected chi connectivity index (χ2v) is 5.10. The molecule has 2 rings (SSSR count). The van der Waals surface area contributed by atoms with Crippen LogP contribution in [-0.4, -0.2) is 45.3 Å². The normalized spacial score (nSPS) is 36.0. The molecule has 0 aromatic rings. The van der Waals surface area contributed by atoms with Gasteiger partial charge in [-0.25, -0.2) is 4.79 Å². The Hall–Kier alpha value is -0.0400. The van der Waals surface area contributed by atoms with E-state index in [9.17, 15) is 9.90 Å². The zero-order chi connectivity index (χ0) is 10.8. The van der Waals surface area contributed by atoms with Gasteiger partial charge in [0.1, 0.15) is 6.10 Å². The summed E-state index contributed by atoms with van der Waals surface area (Å²) in [7, 11) is 0. The summed E-state index contributed by atoms with van der Waals surface area (Å²) in [6, 6.07) is 0.267. The lowest BCUT2D eigenvalue weighted by atomic mass is 9.92. The molecule has 1 amide bonds. The van der Waals surface area contributed by atoms with Gasteiger partial charge in [-0.3, -0.25) is 4.90 Å². The van der Waals surface area contributed by atoms with Gasteiger partial charge in [-0.15, -0.1) is 0 Å². The second kappa shape index (κ2) is 4.86. The number of ether oxygens (including phenoxy) is 1. The van der Waals surface area contributed by atoms with Crippen LogP contribution in [0.3, 0.4) is 0 Å². The van der Waals surface area contributed by atoms with Crippen molar-refractivity contribution in [3.05, 3.63) is 0 Å². The molecule has 2 heterocycles. The molecule has 0 aliphatic carbocycles. The highest BCUT2D eigenvalue weighted by Crippen LogP contribution is 2.31. The standard InChI is InChI=1S/C10H16INO3/c11-5-9-4-7-2-1-3-8(6-13)12(7)10(14)15-9/h7-9,13H,1-6H2/t7-,8-,9+/m0/s1. The SMILES string of the molecule is O=C1O[C@@H](CI)C[C@@H]2CCC[C@@H](CO)N12. The smallest absolute Gasteiger partial charge is 0.410 e. The number of carbonyl (C=O) groups is 1. The molecule has 3 atom stereocenters. The number of piperidine rings is 1. The first-order valence-corrected chi connectivity index (χ1v) is 6.94. The van der Waals surface area contributed by atoms with Crippen molar-refractivity contribution in [1.82, 2.24) is 4.90 Å². The molecular weight excluding hydrogens is 309 g/mol. The first-order chi connectivity index (χ1) is 7.26. The van der Waals surface area contributed by atoms with Crippen molar-refractivity contribution >= 4 is 28.7 Å². The highest BCUT2D eigenvalue weighted by Gasteiger charge is 2.40. The fourth-order valence-electron chi connectivity index (χ4n) is 2.52. The minimum atomic E-state index is -0.230. The summed E-state index contributed by atoms with van der Waals surface area (Å²) in [5.41, 5.74) is 0. The monoisotopic (exact) mass is 325 g/mol. The molecule has 2 saturated heterocycles. The molecule has 1 N–H and O–H groups in total. The number of fused-ring (bicyclic) bond motifs is 1. The number of carbonyl (C=O) groups excluding carboxylic acids is 1. The van der Waals surface area contributed by atoms with E-state index in [1.165, 1.54) is 0 Å². The lowest BCUT2D eigenvalue weighted by Gasteiger charge is -2.45. The Morgan fingerprint density at radius 3 is 3.00 bits per heavy atom. The van der Waals surface area contributed by atoms with Crippen LogP contribution in [0.1, 0.15) is 25.7 Å². The largest absolute Gasteiger partial charge is 0.445 e. The predicted molar refractivity (Wildman–Crippen MR) is 64.1 cm³/mol. The minimum Gasteiger partial charge on any atom is -0.445 e. The highest BCUT2D eigenvalue weighted by atomic mass is 127. The predicted octanol–water partition coefficient (Wildman–Crippen LogP) is 1.55. The van der Waals surface area contributed by atoms with Gasteiger partial charge in [0, 0.05) is 16.9 Å². The van der Waals surface area contributed by atoms with Gasteiger partial charge in [0.25, 0.3) is 0 Å². The number of cyclic esters (lactones) is 1. The number of halogens is 1. The Morgan fingerprint density at radius 2 is 2.33 bits per heavy atom. The number of amides is 1. The third-order valence-electron chi connectivity index (χ3n) is 3.26. The Kier molecular flexibility index (Phi) is 3.71. The van der Waals surface area contributed by atoms with Crippen LogP contribution < -0.4 is 0 Å². The topological polar surface area (TPSA) is 49.8 Å². The lowest BCUT2D eigenvalue weighted by Crippen LogP contribution is -2.57. The van der Waals surface area contributed by atoms with Gasteiger partial charge < -0.3 is 9.84 Å². The molecule has 4 nitrogen and oxygen atoms in total. The van der Waals surface area contributed by atoms with Crippen molar-refractivity contribution in [2.75, 3.05) is 11.0 Å². The van der Waals surface area contributed by atoms with Crippen LogP contribution in [0.15, 0.2) is 0 Å². The molecule has 5 heteroatoms. The van der Waals surface area contributed by atoms with Gasteiger partial charge in [-0.05, 0) is 19.3 Å². The van der Waals surface area contributed by atoms with Crippen LogP contribution in [0.2, 0.25) is 0 Å². The molecule has 0 spiro atoms. The fourth-order valence-corrected chi connectivity index (χ4v) is 3.06. The molecule has 0 unspecified atom stereocenters. The number of alkyl halides is 1. The third-order valence-corrected chi connectivity index (χ3v) is 4.24. The average Bonchev–Trinajstić information content (AvgIpc) is 2.27. The number of aliphatic hydroxyl groups excluding tert-OH is 1. The molecule has 0 aromatic carbocycles. The van der Waals surface area contributed by atoms with E-state index in [1.807, 2.05) is 0 Å². The molecule has 0 bridgehead atoms. The summed E-state index contributed by atoms with van der Waals surface area (Å²) in [4.78, 5) is 13.5. The van der Waals surface area contributed by atoms with Gasteiger partial charge in [-0.2, -0.15) is 0 Å². The number of hydrogen-bond donors (Lipinski definition) is 1. The van der Waals surface area contributed by atoms with Crippen molar-refractivity contribution in [3.8, 4) is 0 Å². The van der Waals surface area contributed by atoms with Gasteiger partial charge >= 0.3 is 6.09 Å². The first-order valence-electron chi connectivity index (χ1n) is 5.42. The third kappa shape index (κ3) is 2.22. The molecule has 86 valence electrons. The molecule has 0 aromatic heterocycles. The maximum Gasteiger partial charge on any atom is 0.410 e. The van der Waals surface area contributed by atoms with Crippen molar-refractivity contribution in [3.63, 3.8) is 0 Å². The van der Waals surface area contributed by atoms with Crippen molar-refractivity contribution in [2.24, 2.45) is 0 Å². The maximum atomic E-state index is 11.8. The molecular formula is C10H16INO3. The van der Waals surface area contributed by atoms with Gasteiger partial charge in [0.2, 0.25) is 0 Å². The van der Waals surface area contributed by atoms with E-state index >= 15 is 0 Å². The second-order valence-electron chi connectivity index (χ2n) is 4.22. The minimum absolute atomic E-state index is 0.0218. The van der Waals surface area contributed by atoms with Crippen LogP contribution >= 0.6 is 22.6 Å².